The summed E-state index contributed by atoms with van der Waals surface area (Å²) in [6.45, 7) is 6.93. The van der Waals surface area contributed by atoms with E-state index in [1.54, 1.807) is 0 Å². The van der Waals surface area contributed by atoms with Gasteiger partial charge < -0.3 is 4.74 Å². The Hall–Kier alpha value is -0.0400. The third-order valence-corrected chi connectivity index (χ3v) is 3.53. The van der Waals surface area contributed by atoms with Crippen molar-refractivity contribution in [1.82, 2.24) is 0 Å². The molecule has 1 aliphatic rings. The molecular formula is C11H22O. The van der Waals surface area contributed by atoms with Crippen molar-refractivity contribution in [2.75, 3.05) is 7.11 Å². The lowest BCUT2D eigenvalue weighted by Crippen LogP contribution is -2.41. The molecule has 0 bridgehead atoms. The Kier molecular flexibility index (Phi) is 3.16. The highest BCUT2D eigenvalue weighted by Gasteiger charge is 2.38. The minimum absolute atomic E-state index is 0.268. The van der Waals surface area contributed by atoms with Crippen molar-refractivity contribution >= 4 is 0 Å². The van der Waals surface area contributed by atoms with Crippen molar-refractivity contribution in [1.29, 1.82) is 0 Å². The molecule has 1 unspecified atom stereocenters. The first kappa shape index (κ1) is 10.0. The van der Waals surface area contributed by atoms with E-state index in [4.69, 9.17) is 4.74 Å². The average Bonchev–Trinajstić information content (AvgIpc) is 1.96. The van der Waals surface area contributed by atoms with Crippen LogP contribution < -0.4 is 0 Å². The number of ether oxygens (including phenoxy) is 1. The van der Waals surface area contributed by atoms with E-state index in [0.717, 1.165) is 11.8 Å². The van der Waals surface area contributed by atoms with Crippen LogP contribution in [0, 0.1) is 11.8 Å². The van der Waals surface area contributed by atoms with Crippen LogP contribution in [0.3, 0.4) is 0 Å². The molecule has 1 heteroatoms. The topological polar surface area (TPSA) is 9.23 Å². The lowest BCUT2D eigenvalue weighted by molar-refractivity contribution is -0.0895. The SMILES string of the molecule is COC1(CC(C)C(C)C)CCC1. The summed E-state index contributed by atoms with van der Waals surface area (Å²) >= 11 is 0. The van der Waals surface area contributed by atoms with E-state index in [-0.39, 0.29) is 5.60 Å². The highest BCUT2D eigenvalue weighted by molar-refractivity contribution is 4.90. The first-order chi connectivity index (χ1) is 5.59. The molecule has 0 radical (unpaired) electrons. The second-order valence-electron chi connectivity index (χ2n) is 4.67. The second-order valence-corrected chi connectivity index (χ2v) is 4.67. The monoisotopic (exact) mass is 170 g/mol. The Bertz CT molecular complexity index is 130. The molecule has 0 heterocycles. The Balaban J connectivity index is 2.37. The van der Waals surface area contributed by atoms with Crippen LogP contribution in [-0.2, 0) is 4.74 Å². The molecule has 0 aromatic carbocycles. The second kappa shape index (κ2) is 3.78. The van der Waals surface area contributed by atoms with Gasteiger partial charge in [0.15, 0.2) is 0 Å². The van der Waals surface area contributed by atoms with E-state index in [9.17, 15) is 0 Å². The summed E-state index contributed by atoms with van der Waals surface area (Å²) in [4.78, 5) is 0. The molecular weight excluding hydrogens is 148 g/mol. The fourth-order valence-corrected chi connectivity index (χ4v) is 1.89. The molecule has 0 aliphatic heterocycles. The lowest BCUT2D eigenvalue weighted by Gasteiger charge is -2.43. The number of methoxy groups -OCH3 is 1. The fourth-order valence-electron chi connectivity index (χ4n) is 1.89. The third-order valence-electron chi connectivity index (χ3n) is 3.53. The van der Waals surface area contributed by atoms with E-state index < -0.39 is 0 Å². The van der Waals surface area contributed by atoms with Crippen LogP contribution in [0.1, 0.15) is 46.5 Å². The molecule has 0 spiro atoms. The molecule has 12 heavy (non-hydrogen) atoms. The maximum absolute atomic E-state index is 5.59. The van der Waals surface area contributed by atoms with Crippen LogP contribution in [0.2, 0.25) is 0 Å². The van der Waals surface area contributed by atoms with Gasteiger partial charge in [-0.25, -0.2) is 0 Å². The van der Waals surface area contributed by atoms with Crippen molar-refractivity contribution in [3.05, 3.63) is 0 Å². The zero-order valence-electron chi connectivity index (χ0n) is 8.89. The van der Waals surface area contributed by atoms with Gasteiger partial charge in [-0.05, 0) is 37.5 Å². The van der Waals surface area contributed by atoms with Crippen molar-refractivity contribution in [2.24, 2.45) is 11.8 Å². The van der Waals surface area contributed by atoms with Gasteiger partial charge in [-0.2, -0.15) is 0 Å². The summed E-state index contributed by atoms with van der Waals surface area (Å²) in [6.07, 6.45) is 5.17. The zero-order valence-corrected chi connectivity index (χ0v) is 8.89. The van der Waals surface area contributed by atoms with Crippen molar-refractivity contribution < 1.29 is 4.74 Å². The van der Waals surface area contributed by atoms with Crippen molar-refractivity contribution in [3.8, 4) is 0 Å². The minimum Gasteiger partial charge on any atom is -0.378 e. The van der Waals surface area contributed by atoms with Crippen LogP contribution in [0.4, 0.5) is 0 Å². The molecule has 1 rings (SSSR count). The number of rotatable bonds is 4. The molecule has 1 atom stereocenters. The first-order valence-corrected chi connectivity index (χ1v) is 5.15. The van der Waals surface area contributed by atoms with Gasteiger partial charge in [-0.15, -0.1) is 0 Å². The highest BCUT2D eigenvalue weighted by Crippen LogP contribution is 2.41. The van der Waals surface area contributed by atoms with Gasteiger partial charge in [0.2, 0.25) is 0 Å². The van der Waals surface area contributed by atoms with Gasteiger partial charge in [-0.3, -0.25) is 0 Å². The molecule has 72 valence electrons. The smallest absolute Gasteiger partial charge is 0.0681 e. The quantitative estimate of drug-likeness (QED) is 0.629. The molecule has 0 aromatic heterocycles. The maximum Gasteiger partial charge on any atom is 0.0681 e. The van der Waals surface area contributed by atoms with Crippen LogP contribution in [0.15, 0.2) is 0 Å². The van der Waals surface area contributed by atoms with E-state index in [0.29, 0.717) is 0 Å². The summed E-state index contributed by atoms with van der Waals surface area (Å²) in [5.74, 6) is 1.59. The molecule has 1 nitrogen and oxygen atoms in total. The number of hydrogen-bond acceptors (Lipinski definition) is 1. The highest BCUT2D eigenvalue weighted by atomic mass is 16.5. The third kappa shape index (κ3) is 2.01. The Labute approximate surface area is 76.5 Å². The molecule has 0 N–H and O–H groups in total. The predicted molar refractivity (Wildman–Crippen MR) is 52.2 cm³/mol. The van der Waals surface area contributed by atoms with Crippen LogP contribution in [0.5, 0.6) is 0 Å². The van der Waals surface area contributed by atoms with Crippen LogP contribution in [0.25, 0.3) is 0 Å². The van der Waals surface area contributed by atoms with Crippen LogP contribution >= 0.6 is 0 Å². The van der Waals surface area contributed by atoms with Gasteiger partial charge in [0.25, 0.3) is 0 Å². The van der Waals surface area contributed by atoms with Gasteiger partial charge in [0.1, 0.15) is 0 Å². The molecule has 1 saturated carbocycles. The van der Waals surface area contributed by atoms with Gasteiger partial charge >= 0.3 is 0 Å². The Morgan fingerprint density at radius 1 is 1.25 bits per heavy atom. The molecule has 1 fully saturated rings. The summed E-state index contributed by atoms with van der Waals surface area (Å²) < 4.78 is 5.59. The van der Waals surface area contributed by atoms with Crippen molar-refractivity contribution in [3.63, 3.8) is 0 Å². The first-order valence-electron chi connectivity index (χ1n) is 5.15. The molecule has 0 saturated heterocycles. The summed E-state index contributed by atoms with van der Waals surface area (Å²) in [6, 6.07) is 0. The van der Waals surface area contributed by atoms with E-state index in [1.165, 1.54) is 25.7 Å². The fraction of sp³-hybridized carbons (Fsp3) is 1.00. The summed E-state index contributed by atoms with van der Waals surface area (Å²) in [7, 11) is 1.87. The van der Waals surface area contributed by atoms with Gasteiger partial charge in [-0.1, -0.05) is 20.8 Å². The molecule has 1 aliphatic carbocycles. The maximum atomic E-state index is 5.59. The number of hydrogen-bond donors (Lipinski definition) is 0. The predicted octanol–water partition coefficient (Wildman–Crippen LogP) is 3.24. The van der Waals surface area contributed by atoms with E-state index in [1.807, 2.05) is 7.11 Å². The molecule has 0 amide bonds. The average molecular weight is 170 g/mol. The van der Waals surface area contributed by atoms with Gasteiger partial charge in [0.05, 0.1) is 5.60 Å². The van der Waals surface area contributed by atoms with Gasteiger partial charge in [0, 0.05) is 7.11 Å². The summed E-state index contributed by atoms with van der Waals surface area (Å²) in [5, 5.41) is 0. The summed E-state index contributed by atoms with van der Waals surface area (Å²) in [5.41, 5.74) is 0.268. The molecule has 0 aromatic rings. The largest absolute Gasteiger partial charge is 0.378 e. The lowest BCUT2D eigenvalue weighted by atomic mass is 9.72. The zero-order chi connectivity index (χ0) is 9.19. The van der Waals surface area contributed by atoms with E-state index >= 15 is 0 Å². The van der Waals surface area contributed by atoms with Crippen molar-refractivity contribution in [2.45, 2.75) is 52.1 Å². The Morgan fingerprint density at radius 2 is 1.83 bits per heavy atom. The standard InChI is InChI=1S/C11H22O/c1-9(2)10(3)8-11(12-4)6-5-7-11/h9-10H,5-8H2,1-4H3. The minimum atomic E-state index is 0.268. The normalized spacial score (nSPS) is 23.8. The Morgan fingerprint density at radius 3 is 2.08 bits per heavy atom. The van der Waals surface area contributed by atoms with Crippen LogP contribution in [-0.4, -0.2) is 12.7 Å². The van der Waals surface area contributed by atoms with E-state index in [2.05, 4.69) is 20.8 Å².